The topological polar surface area (TPSA) is 153 Å². The monoisotopic (exact) mass is 688 g/mol. The zero-order chi connectivity index (χ0) is 36.0. The Balaban J connectivity index is 1.65. The van der Waals surface area contributed by atoms with Gasteiger partial charge >= 0.3 is 5.97 Å². The van der Waals surface area contributed by atoms with Crippen LogP contribution in [0.15, 0.2) is 66.7 Å². The Morgan fingerprint density at radius 3 is 2.28 bits per heavy atom. The highest BCUT2D eigenvalue weighted by atomic mass is 16.6. The molecule has 2 heterocycles. The number of nitrogens with zero attached hydrogens (tertiary/aromatic N) is 1. The van der Waals surface area contributed by atoms with Crippen molar-refractivity contribution in [1.29, 1.82) is 0 Å². The highest BCUT2D eigenvalue weighted by Gasteiger charge is 2.78. The fourth-order valence-electron chi connectivity index (χ4n) is 7.90. The van der Waals surface area contributed by atoms with Crippen molar-refractivity contribution in [2.24, 2.45) is 5.92 Å². The number of rotatable bonds is 10. The Hall–Kier alpha value is -4.81. The first-order chi connectivity index (χ1) is 23.9. The molecule has 2 fully saturated rings. The molecule has 2 bridgehead atoms. The lowest BCUT2D eigenvalue weighted by molar-refractivity contribution is -0.196. The summed E-state index contributed by atoms with van der Waals surface area (Å²) in [5.41, 5.74) is -4.28. The molecular weight excluding hydrogens is 644 g/mol. The molecule has 3 aliphatic rings. The molecule has 7 atom stereocenters. The number of amides is 2. The van der Waals surface area contributed by atoms with Crippen LogP contribution < -0.4 is 24.3 Å². The van der Waals surface area contributed by atoms with Crippen molar-refractivity contribution in [1.82, 2.24) is 10.2 Å². The van der Waals surface area contributed by atoms with Crippen LogP contribution in [-0.2, 0) is 30.3 Å². The van der Waals surface area contributed by atoms with Gasteiger partial charge in [0.25, 0.3) is 5.91 Å². The van der Waals surface area contributed by atoms with E-state index >= 15 is 4.79 Å². The minimum absolute atomic E-state index is 0.127. The molecule has 1 unspecified atom stereocenters. The molecule has 0 aromatic heterocycles. The van der Waals surface area contributed by atoms with Crippen LogP contribution in [0.1, 0.15) is 62.6 Å². The summed E-state index contributed by atoms with van der Waals surface area (Å²) in [4.78, 5) is 43.2. The average molecular weight is 689 g/mol. The summed E-state index contributed by atoms with van der Waals surface area (Å²) in [5.74, 6) is -2.82. The predicted molar refractivity (Wildman–Crippen MR) is 181 cm³/mol. The van der Waals surface area contributed by atoms with Crippen molar-refractivity contribution in [3.8, 4) is 23.0 Å². The van der Waals surface area contributed by atoms with Gasteiger partial charge in [0.2, 0.25) is 5.91 Å². The second kappa shape index (κ2) is 13.1. The third kappa shape index (κ3) is 5.41. The van der Waals surface area contributed by atoms with Crippen LogP contribution in [0, 0.1) is 5.92 Å². The summed E-state index contributed by atoms with van der Waals surface area (Å²) < 4.78 is 30.1. The van der Waals surface area contributed by atoms with Crippen LogP contribution in [0.2, 0.25) is 0 Å². The number of fused-ring (bicyclic) bond motifs is 4. The van der Waals surface area contributed by atoms with Gasteiger partial charge in [0, 0.05) is 37.1 Å². The smallest absolute Gasteiger partial charge is 0.303 e. The maximum atomic E-state index is 15.4. The second-order valence-corrected chi connectivity index (χ2v) is 13.3. The lowest BCUT2D eigenvalue weighted by Crippen LogP contribution is -2.58. The zero-order valence-electron chi connectivity index (χ0n) is 29.1. The van der Waals surface area contributed by atoms with E-state index in [1.54, 1.807) is 50.4 Å². The Labute approximate surface area is 291 Å². The van der Waals surface area contributed by atoms with Crippen LogP contribution >= 0.6 is 0 Å². The lowest BCUT2D eigenvalue weighted by Gasteiger charge is -2.46. The van der Waals surface area contributed by atoms with Crippen LogP contribution in [0.4, 0.5) is 0 Å². The molecule has 3 N–H and O–H groups in total. The molecule has 12 nitrogen and oxygen atoms in total. The van der Waals surface area contributed by atoms with Gasteiger partial charge in [0.15, 0.2) is 17.3 Å². The summed E-state index contributed by atoms with van der Waals surface area (Å²) in [5, 5.41) is 27.1. The number of esters is 1. The van der Waals surface area contributed by atoms with Gasteiger partial charge in [-0.1, -0.05) is 49.4 Å². The van der Waals surface area contributed by atoms with E-state index in [1.165, 1.54) is 33.0 Å². The van der Waals surface area contributed by atoms with E-state index in [2.05, 4.69) is 5.32 Å². The first kappa shape index (κ1) is 35.0. The Morgan fingerprint density at radius 1 is 1.00 bits per heavy atom. The Bertz CT molecular complexity index is 1760. The SMILES string of the molecule is CC[C@@](C)(O)C(=O)N[C@@H]1CCCN1C(=O)[C@@H]1[C@@H](c2ccccc2)[C@@]2(c3ccc(OC)cc3)Oc3cc(OC)cc(OC)c3C1(O)[C@H]2OC(C)=O. The fraction of sp³-hybridized carbons (Fsp3) is 0.447. The van der Waals surface area contributed by atoms with E-state index in [-0.39, 0.29) is 30.0 Å². The largest absolute Gasteiger partial charge is 0.497 e. The Morgan fingerprint density at radius 2 is 1.68 bits per heavy atom. The van der Waals surface area contributed by atoms with Gasteiger partial charge in [-0.05, 0) is 43.9 Å². The molecule has 1 saturated carbocycles. The summed E-state index contributed by atoms with van der Waals surface area (Å²) in [7, 11) is 4.46. The number of nitrogens with one attached hydrogen (secondary N) is 1. The maximum Gasteiger partial charge on any atom is 0.303 e. The summed E-state index contributed by atoms with van der Waals surface area (Å²) in [6, 6.07) is 19.4. The van der Waals surface area contributed by atoms with Gasteiger partial charge < -0.3 is 44.1 Å². The molecule has 0 spiro atoms. The van der Waals surface area contributed by atoms with E-state index in [4.69, 9.17) is 23.7 Å². The number of hydrogen-bond donors (Lipinski definition) is 3. The van der Waals surface area contributed by atoms with E-state index in [0.717, 1.165) is 0 Å². The van der Waals surface area contributed by atoms with Crippen molar-refractivity contribution < 1.29 is 48.3 Å². The van der Waals surface area contributed by atoms with E-state index in [9.17, 15) is 19.8 Å². The number of ether oxygens (including phenoxy) is 5. The number of carbonyl (C=O) groups is 3. The normalized spacial score (nSPS) is 27.7. The molecular formula is C38H44N2O10. The summed E-state index contributed by atoms with van der Waals surface area (Å²) >= 11 is 0. The van der Waals surface area contributed by atoms with Gasteiger partial charge in [-0.2, -0.15) is 0 Å². The molecule has 3 aromatic rings. The van der Waals surface area contributed by atoms with Gasteiger partial charge in [-0.3, -0.25) is 14.4 Å². The molecule has 266 valence electrons. The van der Waals surface area contributed by atoms with Gasteiger partial charge in [0.05, 0.1) is 32.8 Å². The highest BCUT2D eigenvalue weighted by molar-refractivity contribution is 5.88. The van der Waals surface area contributed by atoms with Gasteiger partial charge in [0.1, 0.15) is 34.8 Å². The van der Waals surface area contributed by atoms with Crippen molar-refractivity contribution in [2.45, 2.75) is 75.0 Å². The van der Waals surface area contributed by atoms with Crippen LogP contribution in [-0.4, -0.2) is 78.6 Å². The number of aliphatic hydroxyl groups is 2. The molecule has 6 rings (SSSR count). The van der Waals surface area contributed by atoms with Crippen molar-refractivity contribution in [2.75, 3.05) is 27.9 Å². The zero-order valence-corrected chi connectivity index (χ0v) is 29.1. The highest BCUT2D eigenvalue weighted by Crippen LogP contribution is 2.69. The van der Waals surface area contributed by atoms with Crippen LogP contribution in [0.5, 0.6) is 23.0 Å². The first-order valence-electron chi connectivity index (χ1n) is 16.8. The lowest BCUT2D eigenvalue weighted by atomic mass is 9.75. The quantitative estimate of drug-likeness (QED) is 0.269. The fourth-order valence-corrected chi connectivity index (χ4v) is 7.90. The molecule has 1 aliphatic carbocycles. The third-order valence-electron chi connectivity index (χ3n) is 10.5. The minimum Gasteiger partial charge on any atom is -0.497 e. The molecule has 1 saturated heterocycles. The number of methoxy groups -OCH3 is 3. The first-order valence-corrected chi connectivity index (χ1v) is 16.8. The predicted octanol–water partition coefficient (Wildman–Crippen LogP) is 3.76. The van der Waals surface area contributed by atoms with E-state index < -0.39 is 58.7 Å². The summed E-state index contributed by atoms with van der Waals surface area (Å²) in [6.45, 7) is 4.64. The second-order valence-electron chi connectivity index (χ2n) is 13.3. The van der Waals surface area contributed by atoms with Crippen LogP contribution in [0.25, 0.3) is 0 Å². The Kier molecular flexibility index (Phi) is 9.21. The third-order valence-corrected chi connectivity index (χ3v) is 10.5. The summed E-state index contributed by atoms with van der Waals surface area (Å²) in [6.07, 6.45) is -1.06. The average Bonchev–Trinajstić information content (AvgIpc) is 3.63. The number of benzene rings is 3. The van der Waals surface area contributed by atoms with Gasteiger partial charge in [-0.25, -0.2) is 0 Å². The minimum atomic E-state index is -2.24. The van der Waals surface area contributed by atoms with Crippen molar-refractivity contribution in [3.63, 3.8) is 0 Å². The number of hydrogen-bond acceptors (Lipinski definition) is 10. The number of likely N-dealkylation sites (tertiary alicyclic amines) is 1. The molecule has 0 radical (unpaired) electrons. The standard InChI is InChI=1S/C38H44N2O10/c1-7-36(3,44)35(43)39-29-14-11-19-40(29)33(42)32-30(23-12-9-8-10-13-23)38(24-15-17-25(46-4)18-16-24)34(49-22(2)41)37(32,45)31-27(48-6)20-26(47-5)21-28(31)50-38/h8-10,12-13,15-18,20-21,29-30,32,34,44-45H,7,11,14,19H2,1-6H3,(H,39,43)/t29-,30+,32-,34+,36+,37?,38+/m0/s1. The van der Waals surface area contributed by atoms with Gasteiger partial charge in [-0.15, -0.1) is 0 Å². The molecule has 12 heteroatoms. The molecule has 2 aliphatic heterocycles. The maximum absolute atomic E-state index is 15.4. The molecule has 3 aromatic carbocycles. The van der Waals surface area contributed by atoms with E-state index in [1.807, 2.05) is 30.3 Å². The molecule has 2 amide bonds. The van der Waals surface area contributed by atoms with Crippen molar-refractivity contribution >= 4 is 17.8 Å². The van der Waals surface area contributed by atoms with Crippen molar-refractivity contribution in [3.05, 3.63) is 83.4 Å². The molecule has 50 heavy (non-hydrogen) atoms. The number of carbonyl (C=O) groups excluding carboxylic acids is 3. The van der Waals surface area contributed by atoms with Crippen LogP contribution in [0.3, 0.4) is 0 Å². The van der Waals surface area contributed by atoms with E-state index in [0.29, 0.717) is 35.5 Å².